The Kier molecular flexibility index (Phi) is 5.63. The largest absolute Gasteiger partial charge is 0.491 e. The Morgan fingerprint density at radius 2 is 1.90 bits per heavy atom. The molecule has 11 heteroatoms. The SMILES string of the molecule is CC(C)c1nnc(-c2cccc(Oc3ccc(N)c(F)c3OC(=O)C(F)(F)F)c2)o1. The van der Waals surface area contributed by atoms with Crippen LogP contribution in [-0.4, -0.2) is 22.3 Å². The van der Waals surface area contributed by atoms with E-state index in [2.05, 4.69) is 14.9 Å². The second kappa shape index (κ2) is 8.01. The topological polar surface area (TPSA) is 100 Å². The van der Waals surface area contributed by atoms with Gasteiger partial charge in [0.05, 0.1) is 5.69 Å². The third-order valence-corrected chi connectivity index (χ3v) is 3.76. The van der Waals surface area contributed by atoms with Crippen molar-refractivity contribution in [1.29, 1.82) is 0 Å². The van der Waals surface area contributed by atoms with Crippen LogP contribution >= 0.6 is 0 Å². The molecule has 7 nitrogen and oxygen atoms in total. The van der Waals surface area contributed by atoms with Gasteiger partial charge in [0.2, 0.25) is 17.5 Å². The first-order chi connectivity index (χ1) is 14.1. The molecule has 0 amide bonds. The van der Waals surface area contributed by atoms with Gasteiger partial charge in [-0.05, 0) is 30.3 Å². The zero-order chi connectivity index (χ0) is 22.1. The van der Waals surface area contributed by atoms with E-state index in [4.69, 9.17) is 14.9 Å². The average Bonchev–Trinajstić information content (AvgIpc) is 3.17. The zero-order valence-electron chi connectivity index (χ0n) is 15.7. The molecule has 0 atom stereocenters. The van der Waals surface area contributed by atoms with Gasteiger partial charge in [-0.3, -0.25) is 0 Å². The minimum atomic E-state index is -5.33. The van der Waals surface area contributed by atoms with Crippen LogP contribution < -0.4 is 15.2 Å². The van der Waals surface area contributed by atoms with Crippen LogP contribution in [0.15, 0.2) is 40.8 Å². The molecule has 0 fully saturated rings. The molecule has 0 unspecified atom stereocenters. The molecular formula is C19H15F4N3O4. The first kappa shape index (κ1) is 21.1. The van der Waals surface area contributed by atoms with Gasteiger partial charge in [-0.15, -0.1) is 10.2 Å². The van der Waals surface area contributed by atoms with Gasteiger partial charge in [0.25, 0.3) is 0 Å². The van der Waals surface area contributed by atoms with Crippen LogP contribution in [0.5, 0.6) is 17.2 Å². The molecule has 0 aliphatic heterocycles. The molecule has 1 heterocycles. The van der Waals surface area contributed by atoms with Crippen molar-refractivity contribution in [2.75, 3.05) is 5.73 Å². The Labute approximate surface area is 167 Å². The fraction of sp³-hybridized carbons (Fsp3) is 0.211. The van der Waals surface area contributed by atoms with E-state index in [0.717, 1.165) is 12.1 Å². The Hall–Kier alpha value is -3.63. The number of hydrogen-bond acceptors (Lipinski definition) is 7. The van der Waals surface area contributed by atoms with Gasteiger partial charge in [0.1, 0.15) is 5.75 Å². The quantitative estimate of drug-likeness (QED) is 0.270. The molecule has 0 saturated heterocycles. The third-order valence-electron chi connectivity index (χ3n) is 3.76. The fourth-order valence-corrected chi connectivity index (χ4v) is 2.28. The molecule has 1 aromatic heterocycles. The van der Waals surface area contributed by atoms with Gasteiger partial charge in [-0.1, -0.05) is 19.9 Å². The fourth-order valence-electron chi connectivity index (χ4n) is 2.28. The van der Waals surface area contributed by atoms with Crippen LogP contribution in [-0.2, 0) is 4.79 Å². The lowest BCUT2D eigenvalue weighted by molar-refractivity contribution is -0.189. The number of rotatable bonds is 5. The summed E-state index contributed by atoms with van der Waals surface area (Å²) >= 11 is 0. The van der Waals surface area contributed by atoms with Crippen molar-refractivity contribution >= 4 is 11.7 Å². The lowest BCUT2D eigenvalue weighted by Crippen LogP contribution is -2.28. The molecule has 2 aromatic carbocycles. The van der Waals surface area contributed by atoms with Crippen LogP contribution in [0.2, 0.25) is 0 Å². The third kappa shape index (κ3) is 4.50. The van der Waals surface area contributed by atoms with E-state index in [9.17, 15) is 22.4 Å². The van der Waals surface area contributed by atoms with Gasteiger partial charge in [-0.25, -0.2) is 9.18 Å². The molecule has 158 valence electrons. The zero-order valence-corrected chi connectivity index (χ0v) is 15.7. The van der Waals surface area contributed by atoms with Crippen molar-refractivity contribution in [1.82, 2.24) is 10.2 Å². The predicted molar refractivity (Wildman–Crippen MR) is 96.4 cm³/mol. The van der Waals surface area contributed by atoms with Gasteiger partial charge in [0.15, 0.2) is 11.6 Å². The maximum atomic E-state index is 14.3. The van der Waals surface area contributed by atoms with Crippen LogP contribution in [0.4, 0.5) is 23.2 Å². The molecule has 0 aliphatic carbocycles. The van der Waals surface area contributed by atoms with E-state index in [0.29, 0.717) is 11.5 Å². The summed E-state index contributed by atoms with van der Waals surface area (Å²) in [5.74, 6) is -4.83. The highest BCUT2D eigenvalue weighted by Crippen LogP contribution is 2.38. The number of hydrogen-bond donors (Lipinski definition) is 1. The summed E-state index contributed by atoms with van der Waals surface area (Å²) in [6, 6.07) is 8.23. The highest BCUT2D eigenvalue weighted by atomic mass is 19.4. The smallest absolute Gasteiger partial charge is 0.453 e. The monoisotopic (exact) mass is 425 g/mol. The van der Waals surface area contributed by atoms with E-state index in [1.54, 1.807) is 12.1 Å². The van der Waals surface area contributed by atoms with E-state index in [-0.39, 0.29) is 17.6 Å². The number of nitrogens with two attached hydrogens (primary N) is 1. The number of benzene rings is 2. The molecule has 0 aliphatic rings. The Balaban J connectivity index is 1.93. The molecule has 0 radical (unpaired) electrons. The number of anilines is 1. The summed E-state index contributed by atoms with van der Waals surface area (Å²) in [7, 11) is 0. The number of aromatic nitrogens is 2. The molecular weight excluding hydrogens is 410 g/mol. The Morgan fingerprint density at radius 1 is 1.17 bits per heavy atom. The number of ether oxygens (including phenoxy) is 2. The van der Waals surface area contributed by atoms with E-state index >= 15 is 0 Å². The van der Waals surface area contributed by atoms with E-state index in [1.165, 1.54) is 12.1 Å². The van der Waals surface area contributed by atoms with Crippen LogP contribution in [0, 0.1) is 5.82 Å². The lowest BCUT2D eigenvalue weighted by Gasteiger charge is -2.14. The summed E-state index contributed by atoms with van der Waals surface area (Å²) in [6.45, 7) is 3.74. The highest BCUT2D eigenvalue weighted by Gasteiger charge is 2.42. The standard InChI is InChI=1S/C19H15F4N3O4/c1-9(2)16-25-26-17(30-16)10-4-3-5-11(8-10)28-13-7-6-12(24)14(20)15(13)29-18(27)19(21,22)23/h3-9H,24H2,1-2H3. The van der Waals surface area contributed by atoms with Crippen molar-refractivity contribution < 1.29 is 36.2 Å². The summed E-state index contributed by atoms with van der Waals surface area (Å²) in [4.78, 5) is 11.2. The van der Waals surface area contributed by atoms with Gasteiger partial charge >= 0.3 is 12.1 Å². The van der Waals surface area contributed by atoms with Crippen molar-refractivity contribution in [3.63, 3.8) is 0 Å². The summed E-state index contributed by atoms with van der Waals surface area (Å²) in [6.07, 6.45) is -5.33. The second-order valence-electron chi connectivity index (χ2n) is 6.41. The molecule has 0 bridgehead atoms. The molecule has 0 spiro atoms. The number of alkyl halides is 3. The van der Waals surface area contributed by atoms with Crippen molar-refractivity contribution in [2.24, 2.45) is 0 Å². The highest BCUT2D eigenvalue weighted by molar-refractivity contribution is 5.79. The molecule has 3 aromatic rings. The van der Waals surface area contributed by atoms with Crippen LogP contribution in [0.3, 0.4) is 0 Å². The Bertz CT molecular complexity index is 1080. The molecule has 2 N–H and O–H groups in total. The van der Waals surface area contributed by atoms with Crippen LogP contribution in [0.1, 0.15) is 25.7 Å². The number of nitrogen functional groups attached to an aromatic ring is 1. The minimum absolute atomic E-state index is 0.00862. The first-order valence-corrected chi connectivity index (χ1v) is 8.55. The number of carbonyl (C=O) groups excluding carboxylic acids is 1. The molecule has 3 rings (SSSR count). The van der Waals surface area contributed by atoms with E-state index < -0.39 is 35.1 Å². The normalized spacial score (nSPS) is 11.6. The van der Waals surface area contributed by atoms with E-state index in [1.807, 2.05) is 13.8 Å². The average molecular weight is 425 g/mol. The molecule has 30 heavy (non-hydrogen) atoms. The lowest BCUT2D eigenvalue weighted by atomic mass is 10.2. The van der Waals surface area contributed by atoms with Crippen molar-refractivity contribution in [2.45, 2.75) is 25.9 Å². The Morgan fingerprint density at radius 3 is 2.53 bits per heavy atom. The maximum absolute atomic E-state index is 14.3. The maximum Gasteiger partial charge on any atom is 0.491 e. The number of halogens is 4. The first-order valence-electron chi connectivity index (χ1n) is 8.55. The second-order valence-corrected chi connectivity index (χ2v) is 6.41. The van der Waals surface area contributed by atoms with Gasteiger partial charge < -0.3 is 19.6 Å². The van der Waals surface area contributed by atoms with Gasteiger partial charge in [0, 0.05) is 11.5 Å². The van der Waals surface area contributed by atoms with Crippen LogP contribution in [0.25, 0.3) is 11.5 Å². The van der Waals surface area contributed by atoms with Crippen molar-refractivity contribution in [3.8, 4) is 28.7 Å². The predicted octanol–water partition coefficient (Wildman–Crippen LogP) is 4.84. The summed E-state index contributed by atoms with van der Waals surface area (Å²) < 4.78 is 67.0. The van der Waals surface area contributed by atoms with Crippen molar-refractivity contribution in [3.05, 3.63) is 48.1 Å². The van der Waals surface area contributed by atoms with Gasteiger partial charge in [-0.2, -0.15) is 13.2 Å². The summed E-state index contributed by atoms with van der Waals surface area (Å²) in [5.41, 5.74) is 5.30. The number of carbonyl (C=O) groups is 1. The number of nitrogens with zero attached hydrogens (tertiary/aromatic N) is 2. The summed E-state index contributed by atoms with van der Waals surface area (Å²) in [5, 5.41) is 7.83. The number of esters is 1. The minimum Gasteiger partial charge on any atom is -0.453 e. The molecule has 0 saturated carbocycles.